The molecular weight excluding hydrogens is 396 g/mol. The monoisotopic (exact) mass is 429 g/mol. The molecule has 1 aliphatic carbocycles. The molecule has 3 nitrogen and oxygen atoms in total. The molecule has 31 heavy (non-hydrogen) atoms. The van der Waals surface area contributed by atoms with E-state index in [9.17, 15) is 18.7 Å². The van der Waals surface area contributed by atoms with Gasteiger partial charge in [-0.15, -0.1) is 0 Å². The first-order chi connectivity index (χ1) is 14.6. The Bertz CT molecular complexity index is 894. The van der Waals surface area contributed by atoms with Crippen molar-refractivity contribution in [3.8, 4) is 0 Å². The van der Waals surface area contributed by atoms with Gasteiger partial charge < -0.3 is 10.4 Å². The van der Waals surface area contributed by atoms with Gasteiger partial charge in [0, 0.05) is 30.1 Å². The van der Waals surface area contributed by atoms with E-state index in [1.54, 1.807) is 0 Å². The zero-order valence-corrected chi connectivity index (χ0v) is 18.7. The van der Waals surface area contributed by atoms with Gasteiger partial charge in [0.25, 0.3) is 0 Å². The number of hydrogen-bond acceptors (Lipinski definition) is 3. The van der Waals surface area contributed by atoms with E-state index in [0.29, 0.717) is 0 Å². The first-order valence-electron chi connectivity index (χ1n) is 11.1. The molecule has 0 spiro atoms. The predicted octanol–water partition coefficient (Wildman–Crippen LogP) is 5.65. The number of aliphatic hydroxyl groups excluding tert-OH is 1. The summed E-state index contributed by atoms with van der Waals surface area (Å²) in [6.07, 6.45) is 4.20. The minimum Gasteiger partial charge on any atom is -0.391 e. The lowest BCUT2D eigenvalue weighted by Crippen LogP contribution is -2.47. The van der Waals surface area contributed by atoms with Gasteiger partial charge in [0.05, 0.1) is 6.10 Å². The van der Waals surface area contributed by atoms with E-state index in [1.807, 2.05) is 0 Å². The highest BCUT2D eigenvalue weighted by atomic mass is 19.1. The van der Waals surface area contributed by atoms with E-state index in [1.165, 1.54) is 17.5 Å². The molecular formula is C26H33F2NO2. The first-order valence-corrected chi connectivity index (χ1v) is 11.1. The normalized spacial score (nSPS) is 17.4. The van der Waals surface area contributed by atoms with E-state index in [0.717, 1.165) is 43.9 Å². The molecule has 0 aromatic heterocycles. The van der Waals surface area contributed by atoms with Crippen molar-refractivity contribution >= 4 is 5.78 Å². The van der Waals surface area contributed by atoms with E-state index in [4.69, 9.17) is 0 Å². The summed E-state index contributed by atoms with van der Waals surface area (Å²) in [4.78, 5) is 12.4. The van der Waals surface area contributed by atoms with Crippen LogP contribution in [0.2, 0.25) is 0 Å². The number of carbonyl (C=O) groups excluding carboxylic acids is 1. The SMILES string of the molecule is CC(C)(C)c1cccc(C2(NCC(O)CC(=O)c3cc(F)cc(F)c3)CCCCC2)c1. The first kappa shape index (κ1) is 23.6. The Hall–Kier alpha value is -2.11. The van der Waals surface area contributed by atoms with Crippen LogP contribution in [0.5, 0.6) is 0 Å². The maximum Gasteiger partial charge on any atom is 0.165 e. The van der Waals surface area contributed by atoms with E-state index >= 15 is 0 Å². The summed E-state index contributed by atoms with van der Waals surface area (Å²) in [7, 11) is 0. The van der Waals surface area contributed by atoms with Crippen LogP contribution in [0.15, 0.2) is 42.5 Å². The van der Waals surface area contributed by atoms with Gasteiger partial charge in [0.15, 0.2) is 5.78 Å². The summed E-state index contributed by atoms with van der Waals surface area (Å²) in [5.41, 5.74) is 2.22. The molecule has 1 aliphatic rings. The van der Waals surface area contributed by atoms with Crippen molar-refractivity contribution in [2.75, 3.05) is 6.54 Å². The molecule has 5 heteroatoms. The summed E-state index contributed by atoms with van der Waals surface area (Å²) in [5, 5.41) is 14.1. The van der Waals surface area contributed by atoms with Crippen LogP contribution in [-0.4, -0.2) is 23.5 Å². The number of aliphatic hydroxyl groups is 1. The van der Waals surface area contributed by atoms with Gasteiger partial charge in [-0.3, -0.25) is 4.79 Å². The van der Waals surface area contributed by atoms with Crippen LogP contribution in [0.3, 0.4) is 0 Å². The topological polar surface area (TPSA) is 49.3 Å². The number of nitrogens with one attached hydrogen (secondary N) is 1. The molecule has 0 aliphatic heterocycles. The van der Waals surface area contributed by atoms with Crippen molar-refractivity contribution in [3.63, 3.8) is 0 Å². The van der Waals surface area contributed by atoms with E-state index in [-0.39, 0.29) is 29.5 Å². The molecule has 0 amide bonds. The second-order valence-electron chi connectivity index (χ2n) is 9.79. The van der Waals surface area contributed by atoms with Crippen molar-refractivity contribution in [1.82, 2.24) is 5.32 Å². The lowest BCUT2D eigenvalue weighted by molar-refractivity contribution is 0.0848. The van der Waals surface area contributed by atoms with Crippen molar-refractivity contribution in [3.05, 3.63) is 70.8 Å². The Labute approximate surface area is 183 Å². The van der Waals surface area contributed by atoms with E-state index in [2.05, 4.69) is 50.4 Å². The molecule has 2 N–H and O–H groups in total. The molecule has 2 aromatic rings. The van der Waals surface area contributed by atoms with Crippen LogP contribution in [0, 0.1) is 11.6 Å². The second-order valence-corrected chi connectivity index (χ2v) is 9.79. The van der Waals surface area contributed by atoms with E-state index < -0.39 is 23.5 Å². The van der Waals surface area contributed by atoms with Crippen LogP contribution < -0.4 is 5.32 Å². The molecule has 1 fully saturated rings. The number of Topliss-reactive ketones (excluding diaryl/α,β-unsaturated/α-hetero) is 1. The van der Waals surface area contributed by atoms with Crippen LogP contribution in [0.1, 0.15) is 80.8 Å². The maximum absolute atomic E-state index is 13.4. The molecule has 3 rings (SSSR count). The Balaban J connectivity index is 1.72. The van der Waals surface area contributed by atoms with Crippen LogP contribution in [-0.2, 0) is 11.0 Å². The molecule has 0 saturated heterocycles. The summed E-state index contributed by atoms with van der Waals surface area (Å²) < 4.78 is 26.8. The molecule has 0 heterocycles. The second kappa shape index (κ2) is 9.58. The standard InChI is InChI=1S/C26H33F2NO2/c1-25(2,3)19-8-7-9-20(14-19)26(10-5-4-6-11-26)29-17-23(30)16-24(31)18-12-21(27)15-22(28)13-18/h7-9,12-15,23,29-30H,4-6,10-11,16-17H2,1-3H3. The van der Waals surface area contributed by atoms with Crippen molar-refractivity contribution in [1.29, 1.82) is 0 Å². The third-order valence-corrected chi connectivity index (χ3v) is 6.27. The third kappa shape index (κ3) is 5.98. The summed E-state index contributed by atoms with van der Waals surface area (Å²) in [6, 6.07) is 11.4. The molecule has 1 unspecified atom stereocenters. The zero-order valence-electron chi connectivity index (χ0n) is 18.7. The zero-order chi connectivity index (χ0) is 22.6. The van der Waals surface area contributed by atoms with Crippen molar-refractivity contribution in [2.24, 2.45) is 0 Å². The highest BCUT2D eigenvalue weighted by Gasteiger charge is 2.34. The summed E-state index contributed by atoms with van der Waals surface area (Å²) in [6.45, 7) is 6.82. The number of carbonyl (C=O) groups is 1. The van der Waals surface area contributed by atoms with Crippen LogP contribution in [0.4, 0.5) is 8.78 Å². The van der Waals surface area contributed by atoms with Gasteiger partial charge in [0.2, 0.25) is 0 Å². The molecule has 1 atom stereocenters. The number of rotatable bonds is 7. The molecule has 2 aromatic carbocycles. The number of benzene rings is 2. The van der Waals surface area contributed by atoms with Gasteiger partial charge in [-0.05, 0) is 41.5 Å². The van der Waals surface area contributed by atoms with Crippen molar-refractivity contribution in [2.45, 2.75) is 76.4 Å². The van der Waals surface area contributed by atoms with Gasteiger partial charge in [0.1, 0.15) is 11.6 Å². The van der Waals surface area contributed by atoms with Crippen LogP contribution in [0.25, 0.3) is 0 Å². The summed E-state index contributed by atoms with van der Waals surface area (Å²) >= 11 is 0. The molecule has 1 saturated carbocycles. The quantitative estimate of drug-likeness (QED) is 0.560. The third-order valence-electron chi connectivity index (χ3n) is 6.27. The lowest BCUT2D eigenvalue weighted by atomic mass is 9.74. The summed E-state index contributed by atoms with van der Waals surface area (Å²) in [5.74, 6) is -2.06. The molecule has 0 bridgehead atoms. The largest absolute Gasteiger partial charge is 0.391 e. The number of halogens is 2. The predicted molar refractivity (Wildman–Crippen MR) is 119 cm³/mol. The lowest BCUT2D eigenvalue weighted by Gasteiger charge is -2.40. The van der Waals surface area contributed by atoms with Crippen LogP contribution >= 0.6 is 0 Å². The molecule has 0 radical (unpaired) electrons. The minimum atomic E-state index is -0.941. The van der Waals surface area contributed by atoms with Gasteiger partial charge in [-0.1, -0.05) is 64.3 Å². The minimum absolute atomic E-state index is 0.0397. The van der Waals surface area contributed by atoms with Gasteiger partial charge in [-0.2, -0.15) is 0 Å². The van der Waals surface area contributed by atoms with Gasteiger partial charge >= 0.3 is 0 Å². The highest BCUT2D eigenvalue weighted by Crippen LogP contribution is 2.38. The average molecular weight is 430 g/mol. The Kier molecular flexibility index (Phi) is 7.28. The smallest absolute Gasteiger partial charge is 0.165 e. The fourth-order valence-electron chi connectivity index (χ4n) is 4.44. The molecule has 168 valence electrons. The Morgan fingerprint density at radius 3 is 2.32 bits per heavy atom. The Morgan fingerprint density at radius 1 is 1.06 bits per heavy atom. The van der Waals surface area contributed by atoms with Gasteiger partial charge in [-0.25, -0.2) is 8.78 Å². The highest BCUT2D eigenvalue weighted by molar-refractivity contribution is 5.96. The Morgan fingerprint density at radius 2 is 1.71 bits per heavy atom. The number of hydrogen-bond donors (Lipinski definition) is 2. The number of ketones is 1. The fourth-order valence-corrected chi connectivity index (χ4v) is 4.44. The van der Waals surface area contributed by atoms with Crippen molar-refractivity contribution < 1.29 is 18.7 Å². The maximum atomic E-state index is 13.4. The average Bonchev–Trinajstić information content (AvgIpc) is 2.72. The fraction of sp³-hybridized carbons (Fsp3) is 0.500.